The number of aryl methyl sites for hydroxylation is 1. The quantitative estimate of drug-likeness (QED) is 0.794. The van der Waals surface area contributed by atoms with E-state index in [0.29, 0.717) is 12.1 Å². The van der Waals surface area contributed by atoms with Gasteiger partial charge in [-0.2, -0.15) is 0 Å². The summed E-state index contributed by atoms with van der Waals surface area (Å²) >= 11 is 0. The van der Waals surface area contributed by atoms with Gasteiger partial charge in [0, 0.05) is 26.0 Å². The molecule has 5 nitrogen and oxygen atoms in total. The van der Waals surface area contributed by atoms with Crippen molar-refractivity contribution in [3.63, 3.8) is 0 Å². The minimum atomic E-state index is -0.0954. The van der Waals surface area contributed by atoms with Crippen molar-refractivity contribution in [2.75, 3.05) is 6.54 Å². The second-order valence-corrected chi connectivity index (χ2v) is 4.93. The summed E-state index contributed by atoms with van der Waals surface area (Å²) in [7, 11) is 1.98. The van der Waals surface area contributed by atoms with E-state index in [1.165, 1.54) is 0 Å². The zero-order valence-corrected chi connectivity index (χ0v) is 11.8. The summed E-state index contributed by atoms with van der Waals surface area (Å²) in [6.07, 6.45) is 5.80. The number of rotatable bonds is 4. The number of fused-ring (bicyclic) bond motifs is 1. The Morgan fingerprint density at radius 2 is 2.24 bits per heavy atom. The minimum absolute atomic E-state index is 0.0954. The Morgan fingerprint density at radius 1 is 1.33 bits per heavy atom. The van der Waals surface area contributed by atoms with Gasteiger partial charge >= 0.3 is 0 Å². The van der Waals surface area contributed by atoms with Gasteiger partial charge in [-0.3, -0.25) is 9.78 Å². The number of carbonyl (C=O) groups excluding carboxylic acids is 1. The Balaban J connectivity index is 1.60. The first-order chi connectivity index (χ1) is 10.2. The summed E-state index contributed by atoms with van der Waals surface area (Å²) in [5.74, 6) is -0.0954. The van der Waals surface area contributed by atoms with Crippen molar-refractivity contribution in [3.05, 3.63) is 60.2 Å². The smallest absolute Gasteiger partial charge is 0.252 e. The third-order valence-corrected chi connectivity index (χ3v) is 3.41. The maximum atomic E-state index is 11.9. The molecule has 1 amide bonds. The molecule has 2 heterocycles. The molecule has 5 heteroatoms. The van der Waals surface area contributed by atoms with Crippen molar-refractivity contribution in [1.82, 2.24) is 19.9 Å². The lowest BCUT2D eigenvalue weighted by Gasteiger charge is -2.05. The molecule has 1 aromatic carbocycles. The lowest BCUT2D eigenvalue weighted by Crippen LogP contribution is -2.25. The fraction of sp³-hybridized carbons (Fsp3) is 0.188. The Labute approximate surface area is 122 Å². The van der Waals surface area contributed by atoms with E-state index in [4.69, 9.17) is 0 Å². The van der Waals surface area contributed by atoms with Gasteiger partial charge in [-0.25, -0.2) is 4.98 Å². The molecule has 0 saturated carbocycles. The fourth-order valence-electron chi connectivity index (χ4n) is 2.26. The number of nitrogens with zero attached hydrogens (tertiary/aromatic N) is 3. The van der Waals surface area contributed by atoms with E-state index in [1.807, 2.05) is 11.6 Å². The van der Waals surface area contributed by atoms with Crippen LogP contribution in [0, 0.1) is 0 Å². The van der Waals surface area contributed by atoms with E-state index in [-0.39, 0.29) is 5.91 Å². The van der Waals surface area contributed by atoms with Crippen molar-refractivity contribution in [1.29, 1.82) is 0 Å². The van der Waals surface area contributed by atoms with Crippen LogP contribution in [0.1, 0.15) is 15.9 Å². The van der Waals surface area contributed by atoms with Gasteiger partial charge < -0.3 is 9.88 Å². The number of imidazole rings is 1. The number of benzene rings is 1. The van der Waals surface area contributed by atoms with Gasteiger partial charge in [0.2, 0.25) is 0 Å². The topological polar surface area (TPSA) is 59.8 Å². The van der Waals surface area contributed by atoms with Gasteiger partial charge in [-0.15, -0.1) is 0 Å². The van der Waals surface area contributed by atoms with Crippen molar-refractivity contribution < 1.29 is 4.79 Å². The maximum absolute atomic E-state index is 11.9. The average Bonchev–Trinajstić information content (AvgIpc) is 2.89. The lowest BCUT2D eigenvalue weighted by atomic mass is 10.1. The van der Waals surface area contributed by atoms with E-state index in [2.05, 4.69) is 33.5 Å². The molecule has 0 aliphatic rings. The van der Waals surface area contributed by atoms with Gasteiger partial charge in [0.05, 0.1) is 22.9 Å². The SMILES string of the molecule is Cn1cnc2cc(CCNC(=O)c3cccnc3)ccc21. The predicted molar refractivity (Wildman–Crippen MR) is 81.0 cm³/mol. The monoisotopic (exact) mass is 280 g/mol. The molecule has 21 heavy (non-hydrogen) atoms. The summed E-state index contributed by atoms with van der Waals surface area (Å²) in [6, 6.07) is 9.69. The number of carbonyl (C=O) groups is 1. The molecular formula is C16H16N4O. The molecule has 0 spiro atoms. The van der Waals surface area contributed by atoms with Gasteiger partial charge in [-0.05, 0) is 36.2 Å². The number of pyridine rings is 1. The van der Waals surface area contributed by atoms with Gasteiger partial charge in [0.15, 0.2) is 0 Å². The zero-order valence-electron chi connectivity index (χ0n) is 11.8. The second-order valence-electron chi connectivity index (χ2n) is 4.93. The summed E-state index contributed by atoms with van der Waals surface area (Å²) in [4.78, 5) is 20.2. The zero-order chi connectivity index (χ0) is 14.7. The fourth-order valence-corrected chi connectivity index (χ4v) is 2.26. The molecule has 0 aliphatic carbocycles. The molecular weight excluding hydrogens is 264 g/mol. The highest BCUT2D eigenvalue weighted by molar-refractivity contribution is 5.93. The second kappa shape index (κ2) is 5.75. The van der Waals surface area contributed by atoms with E-state index in [1.54, 1.807) is 30.9 Å². The molecule has 3 aromatic rings. The molecule has 0 radical (unpaired) electrons. The van der Waals surface area contributed by atoms with Crippen LogP contribution in [0.5, 0.6) is 0 Å². The van der Waals surface area contributed by atoms with Crippen LogP contribution in [0.4, 0.5) is 0 Å². The first-order valence-corrected chi connectivity index (χ1v) is 6.82. The van der Waals surface area contributed by atoms with E-state index < -0.39 is 0 Å². The van der Waals surface area contributed by atoms with Gasteiger partial charge in [0.25, 0.3) is 5.91 Å². The first kappa shape index (κ1) is 13.3. The molecule has 0 atom stereocenters. The van der Waals surface area contributed by atoms with Gasteiger partial charge in [0.1, 0.15) is 0 Å². The summed E-state index contributed by atoms with van der Waals surface area (Å²) in [6.45, 7) is 0.589. The number of hydrogen-bond acceptors (Lipinski definition) is 3. The van der Waals surface area contributed by atoms with Crippen molar-refractivity contribution in [2.24, 2.45) is 7.05 Å². The molecule has 3 rings (SSSR count). The van der Waals surface area contributed by atoms with Crippen LogP contribution in [-0.2, 0) is 13.5 Å². The molecule has 0 aliphatic heterocycles. The third kappa shape index (κ3) is 2.91. The van der Waals surface area contributed by atoms with Crippen LogP contribution in [0.2, 0.25) is 0 Å². The molecule has 0 saturated heterocycles. The summed E-state index contributed by atoms with van der Waals surface area (Å²) in [5.41, 5.74) is 3.83. The van der Waals surface area contributed by atoms with Crippen LogP contribution in [-0.4, -0.2) is 27.0 Å². The number of nitrogens with one attached hydrogen (secondary N) is 1. The highest BCUT2D eigenvalue weighted by Gasteiger charge is 2.05. The van der Waals surface area contributed by atoms with Crippen LogP contribution in [0.15, 0.2) is 49.1 Å². The normalized spacial score (nSPS) is 10.7. The van der Waals surface area contributed by atoms with Crippen molar-refractivity contribution in [3.8, 4) is 0 Å². The highest BCUT2D eigenvalue weighted by Crippen LogP contribution is 2.14. The molecule has 0 fully saturated rings. The van der Waals surface area contributed by atoms with Crippen LogP contribution >= 0.6 is 0 Å². The first-order valence-electron chi connectivity index (χ1n) is 6.82. The number of aromatic nitrogens is 3. The number of amides is 1. The van der Waals surface area contributed by atoms with Crippen LogP contribution in [0.3, 0.4) is 0 Å². The molecule has 1 N–H and O–H groups in total. The molecule has 0 bridgehead atoms. The van der Waals surface area contributed by atoms with Crippen molar-refractivity contribution in [2.45, 2.75) is 6.42 Å². The molecule has 0 unspecified atom stereocenters. The summed E-state index contributed by atoms with van der Waals surface area (Å²) in [5, 5.41) is 2.90. The third-order valence-electron chi connectivity index (χ3n) is 3.41. The number of hydrogen-bond donors (Lipinski definition) is 1. The van der Waals surface area contributed by atoms with E-state index in [9.17, 15) is 4.79 Å². The van der Waals surface area contributed by atoms with Crippen LogP contribution < -0.4 is 5.32 Å². The Kier molecular flexibility index (Phi) is 3.64. The predicted octanol–water partition coefficient (Wildman–Crippen LogP) is 1.94. The Hall–Kier alpha value is -2.69. The Bertz CT molecular complexity index is 764. The largest absolute Gasteiger partial charge is 0.352 e. The molecule has 2 aromatic heterocycles. The maximum Gasteiger partial charge on any atom is 0.252 e. The van der Waals surface area contributed by atoms with E-state index in [0.717, 1.165) is 23.0 Å². The Morgan fingerprint density at radius 3 is 3.05 bits per heavy atom. The highest BCUT2D eigenvalue weighted by atomic mass is 16.1. The van der Waals surface area contributed by atoms with Crippen LogP contribution in [0.25, 0.3) is 11.0 Å². The van der Waals surface area contributed by atoms with Crippen molar-refractivity contribution >= 4 is 16.9 Å². The van der Waals surface area contributed by atoms with E-state index >= 15 is 0 Å². The standard InChI is InChI=1S/C16H16N4O/c1-20-11-19-14-9-12(4-5-15(14)20)6-8-18-16(21)13-3-2-7-17-10-13/h2-5,7,9-11H,6,8H2,1H3,(H,18,21). The lowest BCUT2D eigenvalue weighted by molar-refractivity contribution is 0.0954. The molecule has 106 valence electrons. The van der Waals surface area contributed by atoms with Gasteiger partial charge in [-0.1, -0.05) is 6.07 Å². The minimum Gasteiger partial charge on any atom is -0.352 e. The summed E-state index contributed by atoms with van der Waals surface area (Å²) < 4.78 is 1.99. The average molecular weight is 280 g/mol.